The molecule has 1 N–H and O–H groups in total. The fraction of sp³-hybridized carbons (Fsp3) is 0.214. The van der Waals surface area contributed by atoms with Crippen LogP contribution in [-0.2, 0) is 11.2 Å². The molecule has 1 aromatic heterocycles. The summed E-state index contributed by atoms with van der Waals surface area (Å²) < 4.78 is 24.1. The first kappa shape index (κ1) is 16.2. The van der Waals surface area contributed by atoms with Gasteiger partial charge in [0.25, 0.3) is 0 Å². The molecule has 0 saturated heterocycles. The van der Waals surface area contributed by atoms with Crippen molar-refractivity contribution < 1.29 is 18.7 Å². The predicted octanol–water partition coefficient (Wildman–Crippen LogP) is 2.58. The van der Waals surface area contributed by atoms with Crippen LogP contribution >= 0.6 is 15.9 Å². The Hall–Kier alpha value is -2.22. The molecule has 0 unspecified atom stereocenters. The average molecular weight is 370 g/mol. The van der Waals surface area contributed by atoms with Gasteiger partial charge in [-0.15, -0.1) is 0 Å². The molecule has 0 atom stereocenters. The zero-order chi connectivity index (χ0) is 16.1. The summed E-state index contributed by atoms with van der Waals surface area (Å²) in [4.78, 5) is 19.9. The number of hydrogen-bond donors (Lipinski definition) is 1. The minimum atomic E-state index is -0.471. The van der Waals surface area contributed by atoms with Crippen molar-refractivity contribution >= 4 is 27.8 Å². The third kappa shape index (κ3) is 3.91. The predicted molar refractivity (Wildman–Crippen MR) is 81.6 cm³/mol. The lowest BCUT2D eigenvalue weighted by atomic mass is 10.1. The highest BCUT2D eigenvalue weighted by Gasteiger charge is 2.13. The third-order valence-corrected chi connectivity index (χ3v) is 3.34. The summed E-state index contributed by atoms with van der Waals surface area (Å²) in [5.74, 6) is -0.405. The lowest BCUT2D eigenvalue weighted by molar-refractivity contribution is -0.115. The molecule has 1 aromatic carbocycles. The summed E-state index contributed by atoms with van der Waals surface area (Å²) in [6, 6.07) is 6.23. The molecular weight excluding hydrogens is 357 g/mol. The van der Waals surface area contributed by atoms with Gasteiger partial charge in [-0.05, 0) is 27.6 Å². The lowest BCUT2D eigenvalue weighted by Crippen LogP contribution is -2.17. The van der Waals surface area contributed by atoms with Crippen molar-refractivity contribution in [3.05, 3.63) is 40.1 Å². The van der Waals surface area contributed by atoms with Gasteiger partial charge in [0, 0.05) is 0 Å². The first-order chi connectivity index (χ1) is 10.5. The molecule has 0 aliphatic heterocycles. The number of methoxy groups -OCH3 is 2. The Kier molecular flexibility index (Phi) is 5.26. The number of nitrogens with zero attached hydrogens (tertiary/aromatic N) is 2. The number of nitrogens with one attached hydrogen (secondary N) is 1. The molecule has 0 fully saturated rings. The highest BCUT2D eigenvalue weighted by atomic mass is 79.9. The van der Waals surface area contributed by atoms with E-state index < -0.39 is 11.7 Å². The minimum Gasteiger partial charge on any atom is -0.481 e. The summed E-state index contributed by atoms with van der Waals surface area (Å²) >= 11 is 3.08. The Balaban J connectivity index is 2.13. The van der Waals surface area contributed by atoms with Gasteiger partial charge in [0.1, 0.15) is 5.82 Å². The molecule has 116 valence electrons. The van der Waals surface area contributed by atoms with Crippen molar-refractivity contribution in [1.82, 2.24) is 9.97 Å². The SMILES string of the molecule is COc1cc(OC)nc(NC(=O)Cc2cccc(Br)c2F)n1. The third-order valence-electron chi connectivity index (χ3n) is 2.73. The Morgan fingerprint density at radius 3 is 2.50 bits per heavy atom. The number of hydrogen-bond acceptors (Lipinski definition) is 5. The summed E-state index contributed by atoms with van der Waals surface area (Å²) in [5, 5.41) is 2.48. The largest absolute Gasteiger partial charge is 0.481 e. The smallest absolute Gasteiger partial charge is 0.236 e. The topological polar surface area (TPSA) is 73.3 Å². The van der Waals surface area contributed by atoms with E-state index in [-0.39, 0.29) is 29.7 Å². The van der Waals surface area contributed by atoms with Gasteiger partial charge in [-0.3, -0.25) is 10.1 Å². The van der Waals surface area contributed by atoms with Gasteiger partial charge in [0.15, 0.2) is 0 Å². The van der Waals surface area contributed by atoms with E-state index in [4.69, 9.17) is 9.47 Å². The average Bonchev–Trinajstić information content (AvgIpc) is 2.51. The maximum Gasteiger partial charge on any atom is 0.236 e. The van der Waals surface area contributed by atoms with Crippen molar-refractivity contribution in [1.29, 1.82) is 0 Å². The highest BCUT2D eigenvalue weighted by molar-refractivity contribution is 9.10. The van der Waals surface area contributed by atoms with Gasteiger partial charge < -0.3 is 9.47 Å². The van der Waals surface area contributed by atoms with Gasteiger partial charge in [-0.2, -0.15) is 9.97 Å². The normalized spacial score (nSPS) is 10.2. The first-order valence-corrected chi connectivity index (χ1v) is 7.02. The number of amides is 1. The first-order valence-electron chi connectivity index (χ1n) is 6.23. The molecule has 0 aliphatic carbocycles. The van der Waals surface area contributed by atoms with Crippen LogP contribution in [0.25, 0.3) is 0 Å². The Bertz CT molecular complexity index is 675. The van der Waals surface area contributed by atoms with Crippen LogP contribution in [0.4, 0.5) is 10.3 Å². The van der Waals surface area contributed by atoms with Crippen LogP contribution in [0, 0.1) is 5.82 Å². The van der Waals surface area contributed by atoms with Gasteiger partial charge in [0.05, 0.1) is 31.2 Å². The monoisotopic (exact) mass is 369 g/mol. The van der Waals surface area contributed by atoms with Crippen LogP contribution in [0.2, 0.25) is 0 Å². The van der Waals surface area contributed by atoms with Crippen molar-refractivity contribution in [2.75, 3.05) is 19.5 Å². The molecule has 2 aromatic rings. The van der Waals surface area contributed by atoms with Crippen molar-refractivity contribution in [2.24, 2.45) is 0 Å². The molecule has 2 rings (SSSR count). The molecule has 0 spiro atoms. The quantitative estimate of drug-likeness (QED) is 0.876. The molecule has 0 aliphatic rings. The number of halogens is 2. The Morgan fingerprint density at radius 1 is 1.27 bits per heavy atom. The van der Waals surface area contributed by atoms with Crippen molar-refractivity contribution in [3.8, 4) is 11.8 Å². The fourth-order valence-corrected chi connectivity index (χ4v) is 2.10. The number of benzene rings is 1. The summed E-state index contributed by atoms with van der Waals surface area (Å²) in [6.07, 6.45) is -0.145. The van der Waals surface area contributed by atoms with Gasteiger partial charge in [-0.25, -0.2) is 4.39 Å². The Labute approximate surface area is 134 Å². The fourth-order valence-electron chi connectivity index (χ4n) is 1.70. The van der Waals surface area contributed by atoms with E-state index in [1.54, 1.807) is 12.1 Å². The van der Waals surface area contributed by atoms with Crippen LogP contribution in [0.15, 0.2) is 28.7 Å². The maximum atomic E-state index is 13.8. The number of aromatic nitrogens is 2. The summed E-state index contributed by atoms with van der Waals surface area (Å²) in [7, 11) is 2.87. The molecular formula is C14H13BrFN3O3. The van der Waals surface area contributed by atoms with Crippen LogP contribution in [-0.4, -0.2) is 30.1 Å². The molecule has 6 nitrogen and oxygen atoms in total. The molecule has 1 heterocycles. The van der Waals surface area contributed by atoms with Crippen LogP contribution < -0.4 is 14.8 Å². The zero-order valence-corrected chi connectivity index (χ0v) is 13.5. The summed E-state index contributed by atoms with van der Waals surface area (Å²) in [5.41, 5.74) is 0.265. The molecule has 1 amide bonds. The van der Waals surface area contributed by atoms with Crippen LogP contribution in [0.5, 0.6) is 11.8 Å². The molecule has 8 heteroatoms. The molecule has 22 heavy (non-hydrogen) atoms. The summed E-state index contributed by atoms with van der Waals surface area (Å²) in [6.45, 7) is 0. The molecule has 0 bridgehead atoms. The number of ether oxygens (including phenoxy) is 2. The highest BCUT2D eigenvalue weighted by Crippen LogP contribution is 2.20. The second-order valence-electron chi connectivity index (χ2n) is 4.21. The van der Waals surface area contributed by atoms with E-state index in [2.05, 4.69) is 31.2 Å². The van der Waals surface area contributed by atoms with E-state index in [0.29, 0.717) is 4.47 Å². The number of carbonyl (C=O) groups is 1. The van der Waals surface area contributed by atoms with Gasteiger partial charge in [-0.1, -0.05) is 12.1 Å². The van der Waals surface area contributed by atoms with E-state index in [0.717, 1.165) is 0 Å². The van der Waals surface area contributed by atoms with E-state index in [1.807, 2.05) is 0 Å². The molecule has 0 radical (unpaired) electrons. The number of anilines is 1. The minimum absolute atomic E-state index is 0.0246. The standard InChI is InChI=1S/C14H13BrFN3O3/c1-21-11-7-12(22-2)19-14(18-11)17-10(20)6-8-4-3-5-9(15)13(8)16/h3-5,7H,6H2,1-2H3,(H,17,18,19,20). The number of carbonyl (C=O) groups excluding carboxylic acids is 1. The van der Waals surface area contributed by atoms with Gasteiger partial charge >= 0.3 is 0 Å². The molecule has 0 saturated carbocycles. The second-order valence-corrected chi connectivity index (χ2v) is 5.07. The maximum absolute atomic E-state index is 13.8. The van der Waals surface area contributed by atoms with Crippen molar-refractivity contribution in [3.63, 3.8) is 0 Å². The van der Waals surface area contributed by atoms with E-state index in [9.17, 15) is 9.18 Å². The van der Waals surface area contributed by atoms with Crippen molar-refractivity contribution in [2.45, 2.75) is 6.42 Å². The lowest BCUT2D eigenvalue weighted by Gasteiger charge is -2.08. The van der Waals surface area contributed by atoms with E-state index in [1.165, 1.54) is 26.4 Å². The van der Waals surface area contributed by atoms with Crippen LogP contribution in [0.1, 0.15) is 5.56 Å². The van der Waals surface area contributed by atoms with Gasteiger partial charge in [0.2, 0.25) is 23.6 Å². The van der Waals surface area contributed by atoms with Crippen LogP contribution in [0.3, 0.4) is 0 Å². The van der Waals surface area contributed by atoms with E-state index >= 15 is 0 Å². The zero-order valence-electron chi connectivity index (χ0n) is 11.9. The second kappa shape index (κ2) is 7.17. The number of rotatable bonds is 5. The Morgan fingerprint density at radius 2 is 1.91 bits per heavy atom.